The highest BCUT2D eigenvalue weighted by molar-refractivity contribution is 14.0. The molecule has 0 aliphatic carbocycles. The van der Waals surface area contributed by atoms with E-state index < -0.39 is 0 Å². The summed E-state index contributed by atoms with van der Waals surface area (Å²) in [6.45, 7) is 3.14. The number of halogens is 2. The van der Waals surface area contributed by atoms with Gasteiger partial charge in [-0.2, -0.15) is 0 Å². The number of carbonyl (C=O) groups is 1. The van der Waals surface area contributed by atoms with Crippen LogP contribution in [0.4, 0.5) is 10.1 Å². The van der Waals surface area contributed by atoms with Gasteiger partial charge in [-0.1, -0.05) is 24.1 Å². The van der Waals surface area contributed by atoms with Crippen molar-refractivity contribution >= 4 is 41.5 Å². The maximum absolute atomic E-state index is 13.2. The van der Waals surface area contributed by atoms with Crippen molar-refractivity contribution < 1.29 is 9.18 Å². The Bertz CT molecular complexity index is 848. The number of hydrogen-bond donors (Lipinski definition) is 3. The number of carbonyl (C=O) groups excluding carboxylic acids is 1. The van der Waals surface area contributed by atoms with E-state index in [1.807, 2.05) is 13.0 Å². The second-order valence-corrected chi connectivity index (χ2v) is 5.78. The first-order valence-corrected chi connectivity index (χ1v) is 8.74. The van der Waals surface area contributed by atoms with Gasteiger partial charge in [-0.25, -0.2) is 9.38 Å². The molecule has 0 unspecified atom stereocenters. The number of anilines is 1. The minimum Gasteiger partial charge on any atom is -0.357 e. The van der Waals surface area contributed by atoms with E-state index in [9.17, 15) is 9.18 Å². The van der Waals surface area contributed by atoms with E-state index in [1.165, 1.54) is 12.1 Å². The van der Waals surface area contributed by atoms with Crippen molar-refractivity contribution in [2.45, 2.75) is 13.3 Å². The van der Waals surface area contributed by atoms with Crippen LogP contribution in [0.2, 0.25) is 0 Å². The fourth-order valence-electron chi connectivity index (χ4n) is 2.40. The van der Waals surface area contributed by atoms with E-state index in [0.717, 1.165) is 5.56 Å². The summed E-state index contributed by atoms with van der Waals surface area (Å²) < 4.78 is 13.2. The number of terminal acetylenes is 1. The lowest BCUT2D eigenvalue weighted by atomic mass is 10.1. The van der Waals surface area contributed by atoms with Crippen molar-refractivity contribution in [1.29, 1.82) is 0 Å². The molecule has 1 amide bonds. The number of rotatable bonds is 7. The Hall–Kier alpha value is -2.60. The number of aliphatic imine (C=N–C) groups is 1. The van der Waals surface area contributed by atoms with Crippen LogP contribution in [-0.4, -0.2) is 31.5 Å². The van der Waals surface area contributed by atoms with Crippen LogP contribution in [0.15, 0.2) is 53.5 Å². The Labute approximate surface area is 182 Å². The van der Waals surface area contributed by atoms with Crippen molar-refractivity contribution in [3.8, 4) is 12.3 Å². The molecule has 2 rings (SSSR count). The molecule has 0 heterocycles. The first-order valence-electron chi connectivity index (χ1n) is 8.74. The second kappa shape index (κ2) is 12.7. The van der Waals surface area contributed by atoms with Crippen molar-refractivity contribution in [2.24, 2.45) is 4.99 Å². The van der Waals surface area contributed by atoms with Gasteiger partial charge in [-0.15, -0.1) is 30.4 Å². The maximum Gasteiger partial charge on any atom is 0.246 e. The Morgan fingerprint density at radius 1 is 1.18 bits per heavy atom. The molecule has 0 saturated carbocycles. The Morgan fingerprint density at radius 2 is 1.96 bits per heavy atom. The molecular weight excluding hydrogens is 470 g/mol. The number of hydrogen-bond acceptors (Lipinski definition) is 2. The molecule has 28 heavy (non-hydrogen) atoms. The average Bonchev–Trinajstić information content (AvgIpc) is 2.66. The lowest BCUT2D eigenvalue weighted by Gasteiger charge is -2.11. The molecule has 0 radical (unpaired) electrons. The minimum atomic E-state index is -0.251. The molecule has 0 aliphatic rings. The van der Waals surface area contributed by atoms with Gasteiger partial charge >= 0.3 is 0 Å². The lowest BCUT2D eigenvalue weighted by molar-refractivity contribution is -0.114. The van der Waals surface area contributed by atoms with Crippen LogP contribution in [0.1, 0.15) is 18.1 Å². The first-order chi connectivity index (χ1) is 13.1. The summed E-state index contributed by atoms with van der Waals surface area (Å²) in [7, 11) is 0. The number of amides is 1. The first kappa shape index (κ1) is 23.4. The average molecular weight is 494 g/mol. The van der Waals surface area contributed by atoms with E-state index in [2.05, 4.69) is 26.9 Å². The van der Waals surface area contributed by atoms with E-state index in [1.54, 1.807) is 30.3 Å². The SMILES string of the molecule is C#Cc1cccc(NC(=O)CN=C(NCC)NCCc2cccc(F)c2)c1.I. The van der Waals surface area contributed by atoms with Gasteiger partial charge in [0, 0.05) is 24.3 Å². The molecule has 148 valence electrons. The third-order valence-electron chi connectivity index (χ3n) is 3.63. The largest absolute Gasteiger partial charge is 0.357 e. The third kappa shape index (κ3) is 8.39. The van der Waals surface area contributed by atoms with Gasteiger partial charge in [0.1, 0.15) is 12.4 Å². The number of benzene rings is 2. The summed E-state index contributed by atoms with van der Waals surface area (Å²) in [6.07, 6.45) is 6.00. The standard InChI is InChI=1S/C21H23FN4O.HI/c1-3-16-7-6-10-19(14-16)26-20(27)15-25-21(23-4-2)24-12-11-17-8-5-9-18(22)13-17;/h1,5-10,13-14H,4,11-12,15H2,2H3,(H,26,27)(H2,23,24,25);1H. The number of guanidine groups is 1. The highest BCUT2D eigenvalue weighted by atomic mass is 127. The molecule has 0 aliphatic heterocycles. The van der Waals surface area contributed by atoms with Gasteiger partial charge in [-0.3, -0.25) is 4.79 Å². The molecule has 5 nitrogen and oxygen atoms in total. The molecule has 0 saturated heterocycles. The predicted octanol–water partition coefficient (Wildman–Crippen LogP) is 3.16. The highest BCUT2D eigenvalue weighted by Gasteiger charge is 2.04. The molecule has 2 aromatic carbocycles. The third-order valence-corrected chi connectivity index (χ3v) is 3.63. The summed E-state index contributed by atoms with van der Waals surface area (Å²) >= 11 is 0. The Morgan fingerprint density at radius 3 is 2.68 bits per heavy atom. The topological polar surface area (TPSA) is 65.5 Å². The van der Waals surface area contributed by atoms with Gasteiger partial charge in [0.25, 0.3) is 0 Å². The zero-order chi connectivity index (χ0) is 19.5. The normalized spacial score (nSPS) is 10.4. The van der Waals surface area contributed by atoms with Crippen LogP contribution in [0.3, 0.4) is 0 Å². The van der Waals surface area contributed by atoms with Gasteiger partial charge in [0.05, 0.1) is 0 Å². The van der Waals surface area contributed by atoms with Crippen LogP contribution in [0, 0.1) is 18.2 Å². The number of nitrogens with zero attached hydrogens (tertiary/aromatic N) is 1. The zero-order valence-corrected chi connectivity index (χ0v) is 18.0. The van der Waals surface area contributed by atoms with E-state index in [0.29, 0.717) is 36.7 Å². The van der Waals surface area contributed by atoms with Gasteiger partial charge in [0.2, 0.25) is 5.91 Å². The molecule has 0 bridgehead atoms. The molecule has 0 aromatic heterocycles. The summed E-state index contributed by atoms with van der Waals surface area (Å²) in [5.41, 5.74) is 2.22. The summed E-state index contributed by atoms with van der Waals surface area (Å²) in [6, 6.07) is 13.5. The highest BCUT2D eigenvalue weighted by Crippen LogP contribution is 2.09. The second-order valence-electron chi connectivity index (χ2n) is 5.78. The van der Waals surface area contributed by atoms with Crippen LogP contribution in [0.25, 0.3) is 0 Å². The molecule has 3 N–H and O–H groups in total. The van der Waals surface area contributed by atoms with Crippen LogP contribution >= 0.6 is 24.0 Å². The Balaban J connectivity index is 0.00000392. The maximum atomic E-state index is 13.2. The van der Waals surface area contributed by atoms with Crippen LogP contribution in [0.5, 0.6) is 0 Å². The molecule has 0 fully saturated rings. The van der Waals surface area contributed by atoms with E-state index >= 15 is 0 Å². The van der Waals surface area contributed by atoms with Crippen molar-refractivity contribution in [3.05, 3.63) is 65.5 Å². The van der Waals surface area contributed by atoms with Crippen molar-refractivity contribution in [1.82, 2.24) is 10.6 Å². The molecule has 0 spiro atoms. The molecule has 7 heteroatoms. The molecule has 0 atom stereocenters. The summed E-state index contributed by atoms with van der Waals surface area (Å²) in [5.74, 6) is 2.56. The smallest absolute Gasteiger partial charge is 0.246 e. The molecular formula is C21H24FIN4O. The zero-order valence-electron chi connectivity index (χ0n) is 15.7. The summed E-state index contributed by atoms with van der Waals surface area (Å²) in [5, 5.41) is 8.98. The Kier molecular flexibility index (Phi) is 10.7. The van der Waals surface area contributed by atoms with Crippen molar-refractivity contribution in [3.63, 3.8) is 0 Å². The number of nitrogens with one attached hydrogen (secondary N) is 3. The summed E-state index contributed by atoms with van der Waals surface area (Å²) in [4.78, 5) is 16.4. The lowest BCUT2D eigenvalue weighted by Crippen LogP contribution is -2.39. The van der Waals surface area contributed by atoms with E-state index in [4.69, 9.17) is 6.42 Å². The fraction of sp³-hybridized carbons (Fsp3) is 0.238. The van der Waals surface area contributed by atoms with Crippen LogP contribution in [-0.2, 0) is 11.2 Å². The fourth-order valence-corrected chi connectivity index (χ4v) is 2.40. The van der Waals surface area contributed by atoms with E-state index in [-0.39, 0.29) is 42.2 Å². The quantitative estimate of drug-likeness (QED) is 0.240. The van der Waals surface area contributed by atoms with Crippen molar-refractivity contribution in [2.75, 3.05) is 25.0 Å². The predicted molar refractivity (Wildman–Crippen MR) is 123 cm³/mol. The minimum absolute atomic E-state index is 0. The van der Waals surface area contributed by atoms with Gasteiger partial charge < -0.3 is 16.0 Å². The monoisotopic (exact) mass is 494 g/mol. The van der Waals surface area contributed by atoms with Gasteiger partial charge in [0.15, 0.2) is 5.96 Å². The molecule has 2 aromatic rings. The van der Waals surface area contributed by atoms with Crippen LogP contribution < -0.4 is 16.0 Å². The van der Waals surface area contributed by atoms with Gasteiger partial charge in [-0.05, 0) is 49.2 Å².